The molecule has 0 radical (unpaired) electrons. The average Bonchev–Trinajstić information content (AvgIpc) is 2.42. The highest BCUT2D eigenvalue weighted by atomic mass is 127. The van der Waals surface area contributed by atoms with Gasteiger partial charge in [0.1, 0.15) is 11.5 Å². The lowest BCUT2D eigenvalue weighted by atomic mass is 10.1. The van der Waals surface area contributed by atoms with Gasteiger partial charge in [0.25, 0.3) is 0 Å². The van der Waals surface area contributed by atoms with E-state index in [1.807, 2.05) is 36.4 Å². The van der Waals surface area contributed by atoms with E-state index in [1.165, 1.54) is 0 Å². The van der Waals surface area contributed by atoms with Gasteiger partial charge >= 0.3 is 0 Å². The summed E-state index contributed by atoms with van der Waals surface area (Å²) >= 11 is 4.35. The van der Waals surface area contributed by atoms with Gasteiger partial charge in [-0.15, -0.1) is 0 Å². The minimum Gasteiger partial charge on any atom is -0.497 e. The van der Waals surface area contributed by atoms with Crippen molar-refractivity contribution in [2.45, 2.75) is 6.92 Å². The van der Waals surface area contributed by atoms with Crippen LogP contribution in [-0.2, 0) is 0 Å². The number of carbonyl (C=O) groups is 1. The highest BCUT2D eigenvalue weighted by Crippen LogP contribution is 2.34. The van der Waals surface area contributed by atoms with E-state index >= 15 is 0 Å². The SMILES string of the molecule is COc1cccc(Oc2c(I)cc(C(C)=O)cc2I)c1. The Bertz CT molecular complexity index is 630. The van der Waals surface area contributed by atoms with Crippen LogP contribution in [-0.4, -0.2) is 12.9 Å². The number of carbonyl (C=O) groups excluding carboxylic acids is 1. The van der Waals surface area contributed by atoms with E-state index in [9.17, 15) is 4.79 Å². The minimum atomic E-state index is 0.0498. The fraction of sp³-hybridized carbons (Fsp3) is 0.133. The molecule has 0 aliphatic heterocycles. The quantitative estimate of drug-likeness (QED) is 0.449. The Hall–Kier alpha value is -0.830. The van der Waals surface area contributed by atoms with E-state index in [-0.39, 0.29) is 5.78 Å². The molecule has 0 amide bonds. The van der Waals surface area contributed by atoms with Crippen LogP contribution in [0.15, 0.2) is 36.4 Å². The molecule has 0 atom stereocenters. The summed E-state index contributed by atoms with van der Waals surface area (Å²) < 4.78 is 12.9. The molecular formula is C15H12I2O3. The van der Waals surface area contributed by atoms with Crippen LogP contribution in [0.25, 0.3) is 0 Å². The first-order chi connectivity index (χ1) is 9.51. The van der Waals surface area contributed by atoms with Crippen LogP contribution in [0.1, 0.15) is 17.3 Å². The van der Waals surface area contributed by atoms with Gasteiger partial charge in [0.2, 0.25) is 0 Å². The number of Topliss-reactive ketones (excluding diaryl/α,β-unsaturated/α-hetero) is 1. The molecule has 0 aromatic heterocycles. The van der Waals surface area contributed by atoms with E-state index in [4.69, 9.17) is 9.47 Å². The first-order valence-electron chi connectivity index (χ1n) is 5.83. The zero-order valence-electron chi connectivity index (χ0n) is 10.9. The van der Waals surface area contributed by atoms with Crippen molar-refractivity contribution in [2.24, 2.45) is 0 Å². The van der Waals surface area contributed by atoms with Crippen molar-refractivity contribution in [1.29, 1.82) is 0 Å². The topological polar surface area (TPSA) is 35.5 Å². The van der Waals surface area contributed by atoms with Gasteiger partial charge in [-0.1, -0.05) is 6.07 Å². The molecule has 2 rings (SSSR count). The van der Waals surface area contributed by atoms with Gasteiger partial charge in [-0.25, -0.2) is 0 Å². The number of methoxy groups -OCH3 is 1. The maximum Gasteiger partial charge on any atom is 0.159 e. The van der Waals surface area contributed by atoms with Crippen molar-refractivity contribution in [3.05, 3.63) is 49.1 Å². The van der Waals surface area contributed by atoms with Crippen LogP contribution in [0.4, 0.5) is 0 Å². The third-order valence-corrected chi connectivity index (χ3v) is 4.27. The lowest BCUT2D eigenvalue weighted by Crippen LogP contribution is -1.98. The zero-order valence-corrected chi connectivity index (χ0v) is 15.3. The van der Waals surface area contributed by atoms with Crippen molar-refractivity contribution in [1.82, 2.24) is 0 Å². The van der Waals surface area contributed by atoms with Gasteiger partial charge in [0, 0.05) is 11.6 Å². The largest absolute Gasteiger partial charge is 0.497 e. The van der Waals surface area contributed by atoms with Gasteiger partial charge < -0.3 is 9.47 Å². The third-order valence-electron chi connectivity index (χ3n) is 2.67. The van der Waals surface area contributed by atoms with Gasteiger partial charge in [-0.2, -0.15) is 0 Å². The van der Waals surface area contributed by atoms with E-state index in [2.05, 4.69) is 45.2 Å². The summed E-state index contributed by atoms with van der Waals surface area (Å²) in [4.78, 5) is 11.4. The fourth-order valence-corrected chi connectivity index (χ4v) is 3.63. The molecule has 0 aliphatic carbocycles. The van der Waals surface area contributed by atoms with Crippen molar-refractivity contribution < 1.29 is 14.3 Å². The Morgan fingerprint density at radius 3 is 2.20 bits per heavy atom. The number of rotatable bonds is 4. The number of benzene rings is 2. The maximum atomic E-state index is 11.4. The van der Waals surface area contributed by atoms with Gasteiger partial charge in [-0.3, -0.25) is 4.79 Å². The molecule has 0 aliphatic rings. The molecular weight excluding hydrogens is 482 g/mol. The van der Waals surface area contributed by atoms with Crippen molar-refractivity contribution in [2.75, 3.05) is 7.11 Å². The summed E-state index contributed by atoms with van der Waals surface area (Å²) in [6.45, 7) is 1.56. The van der Waals surface area contributed by atoms with Crippen LogP contribution in [0.5, 0.6) is 17.2 Å². The molecule has 3 nitrogen and oxygen atoms in total. The van der Waals surface area contributed by atoms with E-state index < -0.39 is 0 Å². The van der Waals surface area contributed by atoms with E-state index in [0.717, 1.165) is 18.6 Å². The smallest absolute Gasteiger partial charge is 0.159 e. The lowest BCUT2D eigenvalue weighted by Gasteiger charge is -2.12. The summed E-state index contributed by atoms with van der Waals surface area (Å²) in [6.07, 6.45) is 0. The van der Waals surface area contributed by atoms with Gasteiger partial charge in [0.15, 0.2) is 11.5 Å². The molecule has 0 saturated heterocycles. The molecule has 0 bridgehead atoms. The summed E-state index contributed by atoms with van der Waals surface area (Å²) in [5, 5.41) is 0. The van der Waals surface area contributed by atoms with Gasteiger partial charge in [-0.05, 0) is 76.4 Å². The molecule has 0 unspecified atom stereocenters. The second kappa shape index (κ2) is 6.75. The zero-order chi connectivity index (χ0) is 14.7. The summed E-state index contributed by atoms with van der Waals surface area (Å²) in [7, 11) is 1.62. The molecule has 2 aromatic carbocycles. The molecule has 20 heavy (non-hydrogen) atoms. The van der Waals surface area contributed by atoms with Crippen molar-refractivity contribution in [3.63, 3.8) is 0 Å². The molecule has 0 heterocycles. The molecule has 104 valence electrons. The Labute approximate surface area is 144 Å². The van der Waals surface area contributed by atoms with Crippen molar-refractivity contribution in [3.8, 4) is 17.2 Å². The number of ether oxygens (including phenoxy) is 2. The highest BCUT2D eigenvalue weighted by molar-refractivity contribution is 14.1. The summed E-state index contributed by atoms with van der Waals surface area (Å²) in [5.74, 6) is 2.25. The Morgan fingerprint density at radius 1 is 1.05 bits per heavy atom. The maximum absolute atomic E-state index is 11.4. The van der Waals surface area contributed by atoms with Crippen LogP contribution in [0, 0.1) is 7.14 Å². The predicted molar refractivity (Wildman–Crippen MR) is 94.9 cm³/mol. The molecule has 5 heteroatoms. The van der Waals surface area contributed by atoms with Crippen LogP contribution >= 0.6 is 45.2 Å². The second-order valence-corrected chi connectivity index (χ2v) is 6.43. The molecule has 0 saturated carbocycles. The normalized spacial score (nSPS) is 10.2. The summed E-state index contributed by atoms with van der Waals surface area (Å²) in [6, 6.07) is 11.1. The van der Waals surface area contributed by atoms with Crippen LogP contribution < -0.4 is 9.47 Å². The molecule has 0 N–H and O–H groups in total. The predicted octanol–water partition coefficient (Wildman–Crippen LogP) is 4.90. The molecule has 2 aromatic rings. The van der Waals surface area contributed by atoms with E-state index in [1.54, 1.807) is 14.0 Å². The number of hydrogen-bond acceptors (Lipinski definition) is 3. The average molecular weight is 494 g/mol. The van der Waals surface area contributed by atoms with Gasteiger partial charge in [0.05, 0.1) is 14.3 Å². The standard InChI is InChI=1S/C15H12I2O3/c1-9(18)10-6-13(16)15(14(17)7-10)20-12-5-3-4-11(8-12)19-2/h3-8H,1-2H3. The minimum absolute atomic E-state index is 0.0498. The Morgan fingerprint density at radius 2 is 1.65 bits per heavy atom. The Kier molecular flexibility index (Phi) is 5.25. The number of ketones is 1. The molecule has 0 fully saturated rings. The Balaban J connectivity index is 2.36. The van der Waals surface area contributed by atoms with Crippen LogP contribution in [0.3, 0.4) is 0 Å². The van der Waals surface area contributed by atoms with E-state index in [0.29, 0.717) is 11.3 Å². The number of hydrogen-bond donors (Lipinski definition) is 0. The first-order valence-corrected chi connectivity index (χ1v) is 7.99. The van der Waals surface area contributed by atoms with Crippen molar-refractivity contribution >= 4 is 51.0 Å². The first kappa shape index (κ1) is 15.6. The molecule has 0 spiro atoms. The fourth-order valence-electron chi connectivity index (χ4n) is 1.64. The third kappa shape index (κ3) is 3.63. The summed E-state index contributed by atoms with van der Waals surface area (Å²) in [5.41, 5.74) is 0.691. The highest BCUT2D eigenvalue weighted by Gasteiger charge is 2.12. The monoisotopic (exact) mass is 494 g/mol. The van der Waals surface area contributed by atoms with Crippen LogP contribution in [0.2, 0.25) is 0 Å². The number of halogens is 2. The lowest BCUT2D eigenvalue weighted by molar-refractivity contribution is 0.101. The second-order valence-electron chi connectivity index (χ2n) is 4.11.